The average Bonchev–Trinajstić information content (AvgIpc) is 3.00. The SMILES string of the molecule is CCOC(=O)CN(c1ccc(F)cc1F)S(=O)(=O)c1cccs1. The van der Waals surface area contributed by atoms with Crippen LogP contribution in [0.4, 0.5) is 14.5 Å². The van der Waals surface area contributed by atoms with E-state index in [2.05, 4.69) is 0 Å². The third kappa shape index (κ3) is 3.85. The molecule has 0 atom stereocenters. The molecule has 23 heavy (non-hydrogen) atoms. The lowest BCUT2D eigenvalue weighted by Crippen LogP contribution is -2.36. The van der Waals surface area contributed by atoms with E-state index in [1.165, 1.54) is 17.5 Å². The van der Waals surface area contributed by atoms with Crippen molar-refractivity contribution in [3.8, 4) is 0 Å². The van der Waals surface area contributed by atoms with Crippen molar-refractivity contribution in [3.63, 3.8) is 0 Å². The van der Waals surface area contributed by atoms with Crippen molar-refractivity contribution in [2.24, 2.45) is 0 Å². The van der Waals surface area contributed by atoms with Gasteiger partial charge in [-0.3, -0.25) is 9.10 Å². The highest BCUT2D eigenvalue weighted by Crippen LogP contribution is 2.28. The van der Waals surface area contributed by atoms with E-state index in [4.69, 9.17) is 4.74 Å². The van der Waals surface area contributed by atoms with Gasteiger partial charge in [0.2, 0.25) is 0 Å². The Labute approximate surface area is 136 Å². The summed E-state index contributed by atoms with van der Waals surface area (Å²) in [4.78, 5) is 11.7. The smallest absolute Gasteiger partial charge is 0.326 e. The number of hydrogen-bond donors (Lipinski definition) is 0. The number of rotatable bonds is 6. The number of anilines is 1. The maximum atomic E-state index is 14.0. The van der Waals surface area contributed by atoms with E-state index >= 15 is 0 Å². The van der Waals surface area contributed by atoms with Crippen molar-refractivity contribution >= 4 is 33.0 Å². The van der Waals surface area contributed by atoms with E-state index in [-0.39, 0.29) is 10.8 Å². The van der Waals surface area contributed by atoms with Crippen molar-refractivity contribution in [1.29, 1.82) is 0 Å². The number of carbonyl (C=O) groups is 1. The van der Waals surface area contributed by atoms with Gasteiger partial charge in [0, 0.05) is 6.07 Å². The molecule has 2 aromatic rings. The monoisotopic (exact) mass is 361 g/mol. The zero-order chi connectivity index (χ0) is 17.0. The second-order valence-corrected chi connectivity index (χ2v) is 7.38. The molecule has 0 bridgehead atoms. The lowest BCUT2D eigenvalue weighted by Gasteiger charge is -2.23. The van der Waals surface area contributed by atoms with Gasteiger partial charge < -0.3 is 4.74 Å². The van der Waals surface area contributed by atoms with Crippen LogP contribution in [0.1, 0.15) is 6.92 Å². The number of carbonyl (C=O) groups excluding carboxylic acids is 1. The fraction of sp³-hybridized carbons (Fsp3) is 0.214. The standard InChI is InChI=1S/C14H13F2NO4S2/c1-2-21-13(18)9-17(12-6-5-10(15)8-11(12)16)23(19,20)14-4-3-7-22-14/h3-8H,2,9H2,1H3. The minimum atomic E-state index is -4.17. The second kappa shape index (κ2) is 7.05. The molecule has 0 aliphatic carbocycles. The first kappa shape index (κ1) is 17.4. The first-order valence-electron chi connectivity index (χ1n) is 6.53. The minimum Gasteiger partial charge on any atom is -0.465 e. The van der Waals surface area contributed by atoms with Gasteiger partial charge in [-0.25, -0.2) is 17.2 Å². The Bertz CT molecular complexity index is 791. The first-order valence-corrected chi connectivity index (χ1v) is 8.85. The Hall–Kier alpha value is -2.00. The Morgan fingerprint density at radius 3 is 2.61 bits per heavy atom. The molecule has 0 saturated carbocycles. The number of esters is 1. The number of ether oxygens (including phenoxy) is 1. The highest BCUT2D eigenvalue weighted by molar-refractivity contribution is 7.94. The van der Waals surface area contributed by atoms with E-state index in [0.29, 0.717) is 10.4 Å². The van der Waals surface area contributed by atoms with Crippen LogP contribution in [-0.2, 0) is 19.6 Å². The predicted octanol–water partition coefficient (Wildman–Crippen LogP) is 2.78. The van der Waals surface area contributed by atoms with Gasteiger partial charge in [0.1, 0.15) is 22.4 Å². The van der Waals surface area contributed by atoms with Crippen LogP contribution in [0, 0.1) is 11.6 Å². The number of benzene rings is 1. The number of thiophene rings is 1. The van der Waals surface area contributed by atoms with Crippen LogP contribution in [0.15, 0.2) is 39.9 Å². The van der Waals surface area contributed by atoms with Crippen molar-refractivity contribution in [3.05, 3.63) is 47.3 Å². The Kier molecular flexibility index (Phi) is 5.32. The van der Waals surface area contributed by atoms with Crippen LogP contribution < -0.4 is 4.31 Å². The highest BCUT2D eigenvalue weighted by Gasteiger charge is 2.30. The summed E-state index contributed by atoms with van der Waals surface area (Å²) in [7, 11) is -4.17. The van der Waals surface area contributed by atoms with Crippen LogP contribution in [0.3, 0.4) is 0 Å². The Morgan fingerprint density at radius 2 is 2.04 bits per heavy atom. The van der Waals surface area contributed by atoms with Crippen molar-refractivity contribution in [2.75, 3.05) is 17.5 Å². The van der Waals surface area contributed by atoms with Gasteiger partial charge in [-0.15, -0.1) is 11.3 Å². The number of hydrogen-bond acceptors (Lipinski definition) is 5. The zero-order valence-corrected chi connectivity index (χ0v) is 13.7. The largest absolute Gasteiger partial charge is 0.465 e. The van der Waals surface area contributed by atoms with E-state index in [0.717, 1.165) is 23.5 Å². The van der Waals surface area contributed by atoms with Crippen LogP contribution >= 0.6 is 11.3 Å². The summed E-state index contributed by atoms with van der Waals surface area (Å²) in [6.45, 7) is 0.905. The van der Waals surface area contributed by atoms with Crippen molar-refractivity contribution in [2.45, 2.75) is 11.1 Å². The van der Waals surface area contributed by atoms with E-state index in [9.17, 15) is 22.0 Å². The number of nitrogens with zero attached hydrogens (tertiary/aromatic N) is 1. The fourth-order valence-electron chi connectivity index (χ4n) is 1.83. The maximum Gasteiger partial charge on any atom is 0.326 e. The number of halogens is 2. The Morgan fingerprint density at radius 1 is 1.30 bits per heavy atom. The molecule has 0 aliphatic rings. The molecule has 9 heteroatoms. The second-order valence-electron chi connectivity index (χ2n) is 4.34. The summed E-state index contributed by atoms with van der Waals surface area (Å²) in [6.07, 6.45) is 0. The molecular formula is C14H13F2NO4S2. The molecule has 0 N–H and O–H groups in total. The molecule has 0 saturated heterocycles. The van der Waals surface area contributed by atoms with Gasteiger partial charge in [-0.1, -0.05) is 6.07 Å². The van der Waals surface area contributed by atoms with Gasteiger partial charge in [-0.05, 0) is 30.5 Å². The molecule has 0 fully saturated rings. The minimum absolute atomic E-state index is 0.0532. The first-order chi connectivity index (χ1) is 10.9. The summed E-state index contributed by atoms with van der Waals surface area (Å²) in [5, 5.41) is 1.54. The topological polar surface area (TPSA) is 63.7 Å². The summed E-state index contributed by atoms with van der Waals surface area (Å²) >= 11 is 0.924. The third-order valence-electron chi connectivity index (χ3n) is 2.80. The summed E-state index contributed by atoms with van der Waals surface area (Å²) in [5.41, 5.74) is -0.423. The molecule has 0 aliphatic heterocycles. The van der Waals surface area contributed by atoms with Gasteiger partial charge in [0.15, 0.2) is 0 Å². The van der Waals surface area contributed by atoms with E-state index < -0.39 is 39.9 Å². The molecule has 124 valence electrons. The molecular weight excluding hydrogens is 348 g/mol. The van der Waals surface area contributed by atoms with E-state index in [1.54, 1.807) is 6.92 Å². The van der Waals surface area contributed by atoms with Crippen LogP contribution in [0.2, 0.25) is 0 Å². The molecule has 2 rings (SSSR count). The summed E-state index contributed by atoms with van der Waals surface area (Å²) in [6, 6.07) is 5.29. The quantitative estimate of drug-likeness (QED) is 0.742. The third-order valence-corrected chi connectivity index (χ3v) is 5.93. The van der Waals surface area contributed by atoms with Crippen molar-refractivity contribution < 1.29 is 26.7 Å². The fourth-order valence-corrected chi connectivity index (χ4v) is 4.35. The maximum absolute atomic E-state index is 14.0. The zero-order valence-electron chi connectivity index (χ0n) is 12.0. The van der Waals surface area contributed by atoms with Crippen LogP contribution in [-0.4, -0.2) is 27.5 Å². The van der Waals surface area contributed by atoms with Gasteiger partial charge in [-0.2, -0.15) is 0 Å². The van der Waals surface area contributed by atoms with Gasteiger partial charge >= 0.3 is 5.97 Å². The van der Waals surface area contributed by atoms with Crippen LogP contribution in [0.25, 0.3) is 0 Å². The lowest BCUT2D eigenvalue weighted by atomic mass is 10.3. The molecule has 1 aromatic heterocycles. The number of sulfonamides is 1. The molecule has 1 aromatic carbocycles. The summed E-state index contributed by atoms with van der Waals surface area (Å²) in [5.74, 6) is -2.78. The summed E-state index contributed by atoms with van der Waals surface area (Å²) < 4.78 is 57.6. The molecule has 0 radical (unpaired) electrons. The van der Waals surface area contributed by atoms with Gasteiger partial charge in [0.05, 0.1) is 12.3 Å². The van der Waals surface area contributed by atoms with Gasteiger partial charge in [0.25, 0.3) is 10.0 Å². The highest BCUT2D eigenvalue weighted by atomic mass is 32.2. The van der Waals surface area contributed by atoms with E-state index in [1.807, 2.05) is 0 Å². The lowest BCUT2D eigenvalue weighted by molar-refractivity contribution is -0.141. The van der Waals surface area contributed by atoms with Crippen molar-refractivity contribution in [1.82, 2.24) is 0 Å². The molecule has 1 heterocycles. The molecule has 5 nitrogen and oxygen atoms in total. The normalized spacial score (nSPS) is 11.3. The molecule has 0 unspecified atom stereocenters. The Balaban J connectivity index is 2.50. The predicted molar refractivity (Wildman–Crippen MR) is 81.8 cm³/mol. The molecule has 0 amide bonds. The van der Waals surface area contributed by atoms with Crippen LogP contribution in [0.5, 0.6) is 0 Å². The molecule has 0 spiro atoms. The average molecular weight is 361 g/mol.